The summed E-state index contributed by atoms with van der Waals surface area (Å²) >= 11 is 6.56. The van der Waals surface area contributed by atoms with Crippen LogP contribution >= 0.6 is 11.6 Å². The Morgan fingerprint density at radius 3 is 2.84 bits per heavy atom. The molecule has 0 amide bonds. The molecule has 2 atom stereocenters. The zero-order chi connectivity index (χ0) is 22.0. The van der Waals surface area contributed by atoms with Crippen LogP contribution in [0.2, 0.25) is 5.02 Å². The molecule has 0 fully saturated rings. The molecule has 2 aromatic heterocycles. The molecule has 4 heterocycles. The Labute approximate surface area is 191 Å². The van der Waals surface area contributed by atoms with Crippen LogP contribution in [0.25, 0.3) is 11.1 Å². The van der Waals surface area contributed by atoms with Crippen molar-refractivity contribution in [3.8, 4) is 16.9 Å². The lowest BCUT2D eigenvalue weighted by atomic mass is 9.88. The van der Waals surface area contributed by atoms with Crippen molar-refractivity contribution in [2.75, 3.05) is 6.54 Å². The van der Waals surface area contributed by atoms with Crippen LogP contribution in [-0.2, 0) is 32.2 Å². The Morgan fingerprint density at radius 2 is 2.00 bits per heavy atom. The number of nitrogens with one attached hydrogen (secondary N) is 1. The predicted molar refractivity (Wildman–Crippen MR) is 121 cm³/mol. The average Bonchev–Trinajstić information content (AvgIpc) is 3.47. The van der Waals surface area contributed by atoms with Crippen molar-refractivity contribution in [3.05, 3.63) is 63.3 Å². The molecule has 7 heteroatoms. The molecule has 1 aliphatic carbocycles. The van der Waals surface area contributed by atoms with Gasteiger partial charge in [0.25, 0.3) is 0 Å². The highest BCUT2D eigenvalue weighted by atomic mass is 35.5. The van der Waals surface area contributed by atoms with Crippen molar-refractivity contribution < 1.29 is 14.4 Å². The molecular formula is C25H26ClN3O3. The van der Waals surface area contributed by atoms with E-state index in [1.165, 1.54) is 5.56 Å². The number of ether oxygens (including phenoxy) is 1. The van der Waals surface area contributed by atoms with Crippen LogP contribution in [-0.4, -0.2) is 27.4 Å². The molecule has 3 aromatic rings. The minimum atomic E-state index is -0.755. The number of benzene rings is 1. The number of nitrogens with zero attached hydrogens (tertiary/aromatic N) is 2. The van der Waals surface area contributed by atoms with E-state index in [9.17, 15) is 5.11 Å². The highest BCUT2D eigenvalue weighted by molar-refractivity contribution is 6.31. The standard InChI is InChI=1S/C25H26ClN3O3/c1-25(2,30)14-9-17-16(3-6-28-21(17)10-14)18-11-15(26)7-13-8-22(31-23(13)18)24-19-12-27-5-4-20(19)29-32-24/h3,6-7,11,14,22,27,30H,4-5,8-10,12H2,1-2H3/t14?,22-/m1/s1. The summed E-state index contributed by atoms with van der Waals surface area (Å²) in [4.78, 5) is 4.61. The lowest BCUT2D eigenvalue weighted by molar-refractivity contribution is 0.0213. The fourth-order valence-corrected chi connectivity index (χ4v) is 5.57. The first-order chi connectivity index (χ1) is 15.4. The van der Waals surface area contributed by atoms with Crippen molar-refractivity contribution in [2.45, 2.75) is 57.8 Å². The van der Waals surface area contributed by atoms with Gasteiger partial charge in [-0.05, 0) is 61.9 Å². The van der Waals surface area contributed by atoms with Gasteiger partial charge in [-0.2, -0.15) is 0 Å². The predicted octanol–water partition coefficient (Wildman–Crippen LogP) is 4.20. The van der Waals surface area contributed by atoms with E-state index < -0.39 is 5.60 Å². The van der Waals surface area contributed by atoms with Crippen molar-refractivity contribution in [1.82, 2.24) is 15.5 Å². The van der Waals surface area contributed by atoms with E-state index in [4.69, 9.17) is 20.9 Å². The molecule has 0 saturated heterocycles. The first-order valence-electron chi connectivity index (χ1n) is 11.2. The number of hydrogen-bond donors (Lipinski definition) is 2. The van der Waals surface area contributed by atoms with Crippen LogP contribution in [0, 0.1) is 5.92 Å². The van der Waals surface area contributed by atoms with E-state index in [0.29, 0.717) is 11.4 Å². The van der Waals surface area contributed by atoms with Crippen LogP contribution in [0.1, 0.15) is 53.8 Å². The van der Waals surface area contributed by atoms with Crippen LogP contribution in [0.4, 0.5) is 0 Å². The van der Waals surface area contributed by atoms with Crippen LogP contribution < -0.4 is 10.1 Å². The van der Waals surface area contributed by atoms with Gasteiger partial charge < -0.3 is 19.7 Å². The second kappa shape index (κ2) is 7.30. The molecule has 32 heavy (non-hydrogen) atoms. The second-order valence-corrected chi connectivity index (χ2v) is 10.1. The Hall–Kier alpha value is -2.41. The van der Waals surface area contributed by atoms with E-state index in [2.05, 4.69) is 15.5 Å². The van der Waals surface area contributed by atoms with Gasteiger partial charge in [-0.25, -0.2) is 0 Å². The van der Waals surface area contributed by atoms with Crippen molar-refractivity contribution >= 4 is 11.6 Å². The molecule has 1 aromatic carbocycles. The summed E-state index contributed by atoms with van der Waals surface area (Å²) < 4.78 is 12.3. The van der Waals surface area contributed by atoms with E-state index in [1.807, 2.05) is 38.2 Å². The normalized spacial score (nSPS) is 21.8. The van der Waals surface area contributed by atoms with E-state index in [-0.39, 0.29) is 12.0 Å². The van der Waals surface area contributed by atoms with Gasteiger partial charge in [0.1, 0.15) is 5.75 Å². The molecule has 1 unspecified atom stereocenters. The van der Waals surface area contributed by atoms with Crippen LogP contribution in [0.5, 0.6) is 5.75 Å². The summed E-state index contributed by atoms with van der Waals surface area (Å²) in [6.45, 7) is 5.43. The van der Waals surface area contributed by atoms with E-state index in [0.717, 1.165) is 77.5 Å². The van der Waals surface area contributed by atoms with E-state index in [1.54, 1.807) is 0 Å². The Morgan fingerprint density at radius 1 is 1.12 bits per heavy atom. The lowest BCUT2D eigenvalue weighted by Gasteiger charge is -2.24. The molecule has 3 aliphatic rings. The quantitative estimate of drug-likeness (QED) is 0.621. The van der Waals surface area contributed by atoms with Crippen molar-refractivity contribution in [2.24, 2.45) is 5.92 Å². The lowest BCUT2D eigenvalue weighted by Crippen LogP contribution is -2.31. The Bertz CT molecular complexity index is 1210. The molecule has 0 saturated carbocycles. The van der Waals surface area contributed by atoms with Gasteiger partial charge in [0.2, 0.25) is 0 Å². The highest BCUT2D eigenvalue weighted by Crippen LogP contribution is 2.48. The largest absolute Gasteiger partial charge is 0.481 e. The molecule has 2 aliphatic heterocycles. The van der Waals surface area contributed by atoms with Gasteiger partial charge in [-0.15, -0.1) is 0 Å². The van der Waals surface area contributed by atoms with Gasteiger partial charge >= 0.3 is 0 Å². The maximum Gasteiger partial charge on any atom is 0.182 e. The molecule has 0 spiro atoms. The van der Waals surface area contributed by atoms with Crippen molar-refractivity contribution in [3.63, 3.8) is 0 Å². The summed E-state index contributed by atoms with van der Waals surface area (Å²) in [5.41, 5.74) is 6.77. The van der Waals surface area contributed by atoms with Crippen molar-refractivity contribution in [1.29, 1.82) is 0 Å². The SMILES string of the molecule is CC(C)(O)C1Cc2nccc(-c3cc(Cl)cc4c3O[C@@H](c3onc5c3CNCC5)C4)c2C1. The maximum atomic E-state index is 10.6. The summed E-state index contributed by atoms with van der Waals surface area (Å²) in [6.07, 6.45) is 4.77. The third-order valence-electron chi connectivity index (χ3n) is 7.15. The minimum Gasteiger partial charge on any atom is -0.481 e. The van der Waals surface area contributed by atoms with Crippen LogP contribution in [0.15, 0.2) is 28.9 Å². The zero-order valence-corrected chi connectivity index (χ0v) is 19.0. The third-order valence-corrected chi connectivity index (χ3v) is 7.37. The Kier molecular flexibility index (Phi) is 4.61. The first kappa shape index (κ1) is 20.2. The number of fused-ring (bicyclic) bond motifs is 3. The first-order valence-corrected chi connectivity index (χ1v) is 11.6. The minimum absolute atomic E-state index is 0.139. The summed E-state index contributed by atoms with van der Waals surface area (Å²) in [5.74, 6) is 1.81. The fraction of sp³-hybridized carbons (Fsp3) is 0.440. The smallest absolute Gasteiger partial charge is 0.182 e. The number of aromatic nitrogens is 2. The summed E-state index contributed by atoms with van der Waals surface area (Å²) in [7, 11) is 0. The molecule has 0 radical (unpaired) electrons. The van der Waals surface area contributed by atoms with Gasteiger partial charge in [0.15, 0.2) is 11.9 Å². The maximum absolute atomic E-state index is 10.6. The summed E-state index contributed by atoms with van der Waals surface area (Å²) in [6, 6.07) is 6.00. The molecule has 6 nitrogen and oxygen atoms in total. The molecule has 2 N–H and O–H groups in total. The van der Waals surface area contributed by atoms with Gasteiger partial charge in [0.05, 0.1) is 11.3 Å². The number of pyridine rings is 1. The zero-order valence-electron chi connectivity index (χ0n) is 18.2. The number of halogens is 1. The number of hydrogen-bond acceptors (Lipinski definition) is 6. The average molecular weight is 452 g/mol. The Balaban J connectivity index is 1.39. The van der Waals surface area contributed by atoms with Gasteiger partial charge in [-0.1, -0.05) is 16.8 Å². The molecule has 0 bridgehead atoms. The molecular weight excluding hydrogens is 426 g/mol. The van der Waals surface area contributed by atoms with Gasteiger partial charge in [0, 0.05) is 59.5 Å². The topological polar surface area (TPSA) is 80.4 Å². The van der Waals surface area contributed by atoms with Gasteiger partial charge in [-0.3, -0.25) is 4.98 Å². The van der Waals surface area contributed by atoms with Crippen LogP contribution in [0.3, 0.4) is 0 Å². The highest BCUT2D eigenvalue weighted by Gasteiger charge is 2.37. The summed E-state index contributed by atoms with van der Waals surface area (Å²) in [5, 5.41) is 19.0. The molecule has 166 valence electrons. The number of aliphatic hydroxyl groups is 1. The monoisotopic (exact) mass is 451 g/mol. The molecule has 6 rings (SSSR count). The third kappa shape index (κ3) is 3.24. The second-order valence-electron chi connectivity index (χ2n) is 9.69. The number of rotatable bonds is 3. The fourth-order valence-electron chi connectivity index (χ4n) is 5.33. The van der Waals surface area contributed by atoms with E-state index >= 15 is 0 Å².